The fourth-order valence-electron chi connectivity index (χ4n) is 1.27. The standard InChI is InChI=1S/C7H9ClF2O/c8-6(11)5-1-3-7(9,10)4-2-5/h5H,1-4H2. The summed E-state index contributed by atoms with van der Waals surface area (Å²) in [6.07, 6.45) is 0.0664. The van der Waals surface area contributed by atoms with Crippen LogP contribution in [0, 0.1) is 5.92 Å². The second-order valence-electron chi connectivity index (χ2n) is 2.93. The largest absolute Gasteiger partial charge is 0.281 e. The van der Waals surface area contributed by atoms with E-state index in [9.17, 15) is 13.6 Å². The lowest BCUT2D eigenvalue weighted by Crippen LogP contribution is -2.26. The molecule has 0 amide bonds. The number of hydrogen-bond donors (Lipinski definition) is 0. The first-order valence-electron chi connectivity index (χ1n) is 3.58. The van der Waals surface area contributed by atoms with Crippen molar-refractivity contribution in [1.29, 1.82) is 0 Å². The van der Waals surface area contributed by atoms with Crippen molar-refractivity contribution in [3.05, 3.63) is 0 Å². The summed E-state index contributed by atoms with van der Waals surface area (Å²) in [6, 6.07) is 0. The molecule has 0 radical (unpaired) electrons. The quantitative estimate of drug-likeness (QED) is 0.570. The maximum absolute atomic E-state index is 12.5. The van der Waals surface area contributed by atoms with Gasteiger partial charge in [0.25, 0.3) is 0 Å². The van der Waals surface area contributed by atoms with Gasteiger partial charge in [0, 0.05) is 18.8 Å². The predicted octanol–water partition coefficient (Wildman–Crippen LogP) is 2.58. The third kappa shape index (κ3) is 2.40. The summed E-state index contributed by atoms with van der Waals surface area (Å²) < 4.78 is 25.0. The molecule has 0 aromatic rings. The topological polar surface area (TPSA) is 17.1 Å². The first-order valence-corrected chi connectivity index (χ1v) is 3.96. The van der Waals surface area contributed by atoms with Crippen molar-refractivity contribution in [2.24, 2.45) is 5.92 Å². The van der Waals surface area contributed by atoms with Crippen molar-refractivity contribution in [2.45, 2.75) is 31.6 Å². The molecule has 0 bridgehead atoms. The molecule has 1 aliphatic carbocycles. The Hall–Kier alpha value is -0.180. The predicted molar refractivity (Wildman–Crippen MR) is 37.8 cm³/mol. The molecule has 0 unspecified atom stereocenters. The van der Waals surface area contributed by atoms with Crippen molar-refractivity contribution >= 4 is 16.8 Å². The van der Waals surface area contributed by atoms with Crippen molar-refractivity contribution in [1.82, 2.24) is 0 Å². The molecule has 0 atom stereocenters. The van der Waals surface area contributed by atoms with E-state index in [0.29, 0.717) is 0 Å². The van der Waals surface area contributed by atoms with Gasteiger partial charge in [-0.3, -0.25) is 4.79 Å². The van der Waals surface area contributed by atoms with Crippen LogP contribution < -0.4 is 0 Å². The summed E-state index contributed by atoms with van der Waals surface area (Å²) in [6.45, 7) is 0. The Morgan fingerprint density at radius 2 is 1.82 bits per heavy atom. The maximum atomic E-state index is 12.5. The van der Waals surface area contributed by atoms with Crippen molar-refractivity contribution in [2.75, 3.05) is 0 Å². The Bertz CT molecular complexity index is 160. The monoisotopic (exact) mass is 182 g/mol. The molecule has 64 valence electrons. The van der Waals surface area contributed by atoms with Gasteiger partial charge in [0.2, 0.25) is 11.2 Å². The molecule has 0 heterocycles. The Morgan fingerprint density at radius 1 is 1.36 bits per heavy atom. The highest BCUT2D eigenvalue weighted by Gasteiger charge is 2.36. The van der Waals surface area contributed by atoms with E-state index in [4.69, 9.17) is 11.6 Å². The van der Waals surface area contributed by atoms with Crippen molar-refractivity contribution in [3.8, 4) is 0 Å². The van der Waals surface area contributed by atoms with Crippen LogP contribution in [0.4, 0.5) is 8.78 Å². The summed E-state index contributed by atoms with van der Waals surface area (Å²) >= 11 is 5.17. The fraction of sp³-hybridized carbons (Fsp3) is 0.857. The zero-order chi connectivity index (χ0) is 8.48. The van der Waals surface area contributed by atoms with Crippen LogP contribution in [-0.2, 0) is 4.79 Å². The van der Waals surface area contributed by atoms with Crippen LogP contribution in [-0.4, -0.2) is 11.2 Å². The third-order valence-electron chi connectivity index (χ3n) is 2.04. The van der Waals surface area contributed by atoms with Crippen molar-refractivity contribution in [3.63, 3.8) is 0 Å². The van der Waals surface area contributed by atoms with Crippen LogP contribution in [0.15, 0.2) is 0 Å². The molecule has 1 rings (SSSR count). The summed E-state index contributed by atoms with van der Waals surface area (Å²) in [5, 5.41) is -0.472. The number of carbonyl (C=O) groups excluding carboxylic acids is 1. The first kappa shape index (κ1) is 8.91. The molecule has 1 saturated carbocycles. The SMILES string of the molecule is O=C(Cl)C1CCC(F)(F)CC1. The normalized spacial score (nSPS) is 25.0. The zero-order valence-electron chi connectivity index (χ0n) is 5.95. The molecule has 11 heavy (non-hydrogen) atoms. The minimum atomic E-state index is -2.57. The molecule has 1 aliphatic rings. The molecule has 1 fully saturated rings. The fourth-order valence-corrected chi connectivity index (χ4v) is 1.49. The zero-order valence-corrected chi connectivity index (χ0v) is 6.70. The molecule has 1 nitrogen and oxygen atoms in total. The van der Waals surface area contributed by atoms with E-state index in [-0.39, 0.29) is 31.6 Å². The number of carbonyl (C=O) groups is 1. The van der Waals surface area contributed by atoms with Gasteiger partial charge >= 0.3 is 0 Å². The third-order valence-corrected chi connectivity index (χ3v) is 2.35. The summed E-state index contributed by atoms with van der Waals surface area (Å²) in [7, 11) is 0. The maximum Gasteiger partial charge on any atom is 0.248 e. The Balaban J connectivity index is 2.42. The van der Waals surface area contributed by atoms with E-state index in [1.807, 2.05) is 0 Å². The first-order chi connectivity index (χ1) is 5.01. The number of hydrogen-bond acceptors (Lipinski definition) is 1. The average Bonchev–Trinajstić information content (AvgIpc) is 1.86. The highest BCUT2D eigenvalue weighted by Crippen LogP contribution is 2.36. The van der Waals surface area contributed by atoms with Gasteiger partial charge in [-0.1, -0.05) is 0 Å². The summed E-state index contributed by atoms with van der Waals surface area (Å²) in [4.78, 5) is 10.5. The molecule has 0 aromatic carbocycles. The smallest absolute Gasteiger partial charge is 0.248 e. The number of halogens is 3. The van der Waals surface area contributed by atoms with E-state index < -0.39 is 11.2 Å². The van der Waals surface area contributed by atoms with Gasteiger partial charge in [0.1, 0.15) is 0 Å². The van der Waals surface area contributed by atoms with Crippen LogP contribution in [0.5, 0.6) is 0 Å². The molecule has 0 N–H and O–H groups in total. The summed E-state index contributed by atoms with van der Waals surface area (Å²) in [5.41, 5.74) is 0. The lowest BCUT2D eigenvalue weighted by atomic mass is 9.88. The van der Waals surface area contributed by atoms with Crippen LogP contribution >= 0.6 is 11.6 Å². The number of alkyl halides is 2. The molecular formula is C7H9ClF2O. The Labute approximate surface area is 68.7 Å². The van der Waals surface area contributed by atoms with E-state index in [1.54, 1.807) is 0 Å². The minimum absolute atomic E-state index is 0.198. The Kier molecular flexibility index (Phi) is 2.47. The molecule has 0 aliphatic heterocycles. The van der Waals surface area contributed by atoms with E-state index >= 15 is 0 Å². The van der Waals surface area contributed by atoms with Gasteiger partial charge in [0.05, 0.1) is 0 Å². The lowest BCUT2D eigenvalue weighted by molar-refractivity contribution is -0.119. The molecule has 0 spiro atoms. The lowest BCUT2D eigenvalue weighted by Gasteiger charge is -2.25. The number of rotatable bonds is 1. The average molecular weight is 183 g/mol. The summed E-state index contributed by atoms with van der Waals surface area (Å²) in [5.74, 6) is -2.90. The van der Waals surface area contributed by atoms with Gasteiger partial charge < -0.3 is 0 Å². The highest BCUT2D eigenvalue weighted by molar-refractivity contribution is 6.63. The van der Waals surface area contributed by atoms with Crippen LogP contribution in [0.25, 0.3) is 0 Å². The van der Waals surface area contributed by atoms with E-state index in [2.05, 4.69) is 0 Å². The van der Waals surface area contributed by atoms with Crippen LogP contribution in [0.3, 0.4) is 0 Å². The van der Waals surface area contributed by atoms with Crippen LogP contribution in [0.1, 0.15) is 25.7 Å². The van der Waals surface area contributed by atoms with Crippen LogP contribution in [0.2, 0.25) is 0 Å². The highest BCUT2D eigenvalue weighted by atomic mass is 35.5. The van der Waals surface area contributed by atoms with Crippen molar-refractivity contribution < 1.29 is 13.6 Å². The van der Waals surface area contributed by atoms with Gasteiger partial charge in [-0.15, -0.1) is 0 Å². The second kappa shape index (κ2) is 3.05. The molecule has 0 aromatic heterocycles. The van der Waals surface area contributed by atoms with Gasteiger partial charge in [-0.2, -0.15) is 0 Å². The van der Waals surface area contributed by atoms with Gasteiger partial charge in [0.15, 0.2) is 0 Å². The Morgan fingerprint density at radius 3 is 2.18 bits per heavy atom. The van der Waals surface area contributed by atoms with Gasteiger partial charge in [-0.25, -0.2) is 8.78 Å². The van der Waals surface area contributed by atoms with E-state index in [0.717, 1.165) is 0 Å². The molecular weight excluding hydrogens is 174 g/mol. The van der Waals surface area contributed by atoms with Gasteiger partial charge in [-0.05, 0) is 24.4 Å². The second-order valence-corrected chi connectivity index (χ2v) is 3.31. The molecule has 0 saturated heterocycles. The molecule has 4 heteroatoms. The van der Waals surface area contributed by atoms with E-state index in [1.165, 1.54) is 0 Å². The minimum Gasteiger partial charge on any atom is -0.281 e.